The highest BCUT2D eigenvalue weighted by molar-refractivity contribution is 8.18. The molecule has 3 rings (SSSR count). The average Bonchev–Trinajstić information content (AvgIpc) is 3.04. The molecule has 0 atom stereocenters. The highest BCUT2D eigenvalue weighted by Crippen LogP contribution is 2.32. The molecule has 2 aromatic rings. The van der Waals surface area contributed by atoms with E-state index in [1.165, 1.54) is 0 Å². The van der Waals surface area contributed by atoms with Crippen LogP contribution < -0.4 is 10.1 Å². The van der Waals surface area contributed by atoms with E-state index in [0.717, 1.165) is 16.7 Å². The van der Waals surface area contributed by atoms with Gasteiger partial charge in [0.25, 0.3) is 11.1 Å². The van der Waals surface area contributed by atoms with Crippen molar-refractivity contribution in [2.24, 2.45) is 0 Å². The summed E-state index contributed by atoms with van der Waals surface area (Å²) in [4.78, 5) is 48.7. The van der Waals surface area contributed by atoms with Crippen molar-refractivity contribution >= 4 is 40.9 Å². The van der Waals surface area contributed by atoms with Gasteiger partial charge in [-0.05, 0) is 60.5 Å². The number of benzene rings is 2. The molecule has 1 fully saturated rings. The van der Waals surface area contributed by atoms with E-state index >= 15 is 0 Å². The molecule has 0 saturated carbocycles. The Kier molecular flexibility index (Phi) is 8.65. The van der Waals surface area contributed by atoms with Gasteiger partial charge in [-0.1, -0.05) is 36.8 Å². The number of imide groups is 1. The number of ether oxygens (including phenoxy) is 1. The predicted molar refractivity (Wildman–Crippen MR) is 125 cm³/mol. The van der Waals surface area contributed by atoms with E-state index in [1.807, 2.05) is 30.3 Å². The van der Waals surface area contributed by atoms with Gasteiger partial charge < -0.3 is 15.2 Å². The molecule has 0 radical (unpaired) electrons. The highest BCUT2D eigenvalue weighted by atomic mass is 32.2. The number of carboxylic acids is 1. The second-order valence-electron chi connectivity index (χ2n) is 7.31. The number of aliphatic carboxylic acids is 1. The standard InChI is InChI=1S/C24H24N2O6S/c27-21(25-13-6-2-5-12-22(28)29)16-26-23(30)20(33-24(26)31)15-17-8-7-11-19(14-17)32-18-9-3-1-4-10-18/h1,3-4,7-11,14-15H,2,5-6,12-13,16H2,(H,25,27)(H,28,29)/b20-15-. The number of unbranched alkanes of at least 4 members (excludes halogenated alkanes) is 2. The SMILES string of the molecule is O=C(O)CCCCCNC(=O)CN1C(=O)S/C(=C\c2cccc(Oc3ccccc3)c2)C1=O. The number of hydrogen-bond acceptors (Lipinski definition) is 6. The Morgan fingerprint density at radius 3 is 2.52 bits per heavy atom. The molecule has 172 valence electrons. The van der Waals surface area contributed by atoms with E-state index in [1.54, 1.807) is 30.3 Å². The molecule has 0 aromatic heterocycles. The van der Waals surface area contributed by atoms with Crippen LogP contribution in [-0.4, -0.2) is 46.1 Å². The summed E-state index contributed by atoms with van der Waals surface area (Å²) >= 11 is 0.788. The van der Waals surface area contributed by atoms with Crippen molar-refractivity contribution < 1.29 is 29.0 Å². The van der Waals surface area contributed by atoms with Gasteiger partial charge in [-0.3, -0.25) is 24.1 Å². The number of carboxylic acid groups (broad SMARTS) is 1. The number of amides is 3. The van der Waals surface area contributed by atoms with Crippen LogP contribution in [-0.2, 0) is 14.4 Å². The number of thioether (sulfide) groups is 1. The topological polar surface area (TPSA) is 113 Å². The number of carbonyl (C=O) groups excluding carboxylic acids is 3. The van der Waals surface area contributed by atoms with Crippen LogP contribution in [0.5, 0.6) is 11.5 Å². The molecule has 0 bridgehead atoms. The monoisotopic (exact) mass is 468 g/mol. The third kappa shape index (κ3) is 7.50. The predicted octanol–water partition coefficient (Wildman–Crippen LogP) is 4.28. The molecule has 3 amide bonds. The Morgan fingerprint density at radius 2 is 1.76 bits per heavy atom. The Morgan fingerprint density at radius 1 is 1.00 bits per heavy atom. The van der Waals surface area contributed by atoms with Crippen molar-refractivity contribution in [2.75, 3.05) is 13.1 Å². The molecular formula is C24H24N2O6S. The summed E-state index contributed by atoms with van der Waals surface area (Å²) in [6.07, 6.45) is 3.53. The van der Waals surface area contributed by atoms with Gasteiger partial charge in [-0.2, -0.15) is 0 Å². The minimum Gasteiger partial charge on any atom is -0.481 e. The number of carbonyl (C=O) groups is 4. The molecule has 0 unspecified atom stereocenters. The van der Waals surface area contributed by atoms with Crippen molar-refractivity contribution in [3.8, 4) is 11.5 Å². The third-order valence-electron chi connectivity index (χ3n) is 4.70. The average molecular weight is 469 g/mol. The van der Waals surface area contributed by atoms with E-state index in [4.69, 9.17) is 9.84 Å². The highest BCUT2D eigenvalue weighted by Gasteiger charge is 2.36. The summed E-state index contributed by atoms with van der Waals surface area (Å²) in [6, 6.07) is 16.4. The smallest absolute Gasteiger partial charge is 0.303 e. The minimum absolute atomic E-state index is 0.0956. The normalized spacial score (nSPS) is 14.5. The van der Waals surface area contributed by atoms with Crippen molar-refractivity contribution in [3.05, 3.63) is 65.1 Å². The fraction of sp³-hybridized carbons (Fsp3) is 0.250. The minimum atomic E-state index is -0.845. The van der Waals surface area contributed by atoms with Crippen LogP contribution >= 0.6 is 11.8 Å². The maximum atomic E-state index is 12.7. The number of para-hydroxylation sites is 1. The molecule has 8 nitrogen and oxygen atoms in total. The van der Waals surface area contributed by atoms with Crippen molar-refractivity contribution in [2.45, 2.75) is 25.7 Å². The van der Waals surface area contributed by atoms with Gasteiger partial charge in [0.2, 0.25) is 5.91 Å². The Labute approximate surface area is 195 Å². The van der Waals surface area contributed by atoms with E-state index in [0.29, 0.717) is 42.9 Å². The molecule has 2 N–H and O–H groups in total. The van der Waals surface area contributed by atoms with Crippen molar-refractivity contribution in [3.63, 3.8) is 0 Å². The number of hydrogen-bond donors (Lipinski definition) is 2. The maximum Gasteiger partial charge on any atom is 0.303 e. The largest absolute Gasteiger partial charge is 0.481 e. The first-order valence-corrected chi connectivity index (χ1v) is 11.3. The molecule has 1 aliphatic heterocycles. The van der Waals surface area contributed by atoms with E-state index in [9.17, 15) is 19.2 Å². The van der Waals surface area contributed by atoms with Gasteiger partial charge in [0.15, 0.2) is 0 Å². The second kappa shape index (κ2) is 11.9. The van der Waals surface area contributed by atoms with Crippen LogP contribution in [0.1, 0.15) is 31.2 Å². The maximum absolute atomic E-state index is 12.7. The van der Waals surface area contributed by atoms with Crippen LogP contribution in [0.15, 0.2) is 59.5 Å². The molecule has 1 heterocycles. The van der Waals surface area contributed by atoms with E-state index in [-0.39, 0.29) is 17.9 Å². The lowest BCUT2D eigenvalue weighted by molar-refractivity contribution is -0.137. The Hall–Kier alpha value is -3.59. The molecule has 33 heavy (non-hydrogen) atoms. The van der Waals surface area contributed by atoms with Crippen molar-refractivity contribution in [1.82, 2.24) is 10.2 Å². The fourth-order valence-corrected chi connectivity index (χ4v) is 3.92. The van der Waals surface area contributed by atoms with Gasteiger partial charge in [0.1, 0.15) is 18.0 Å². The van der Waals surface area contributed by atoms with Gasteiger partial charge in [0, 0.05) is 13.0 Å². The number of rotatable bonds is 11. The number of nitrogens with zero attached hydrogens (tertiary/aromatic N) is 1. The van der Waals surface area contributed by atoms with Gasteiger partial charge >= 0.3 is 5.97 Å². The molecule has 2 aromatic carbocycles. The molecule has 9 heteroatoms. The van der Waals surface area contributed by atoms with Crippen LogP contribution in [0.2, 0.25) is 0 Å². The zero-order valence-corrected chi connectivity index (χ0v) is 18.7. The lowest BCUT2D eigenvalue weighted by Gasteiger charge is -2.12. The van der Waals surface area contributed by atoms with Crippen LogP contribution in [0, 0.1) is 0 Å². The summed E-state index contributed by atoms with van der Waals surface area (Å²) in [5.41, 5.74) is 0.694. The summed E-state index contributed by atoms with van der Waals surface area (Å²) in [5, 5.41) is 10.8. The Balaban J connectivity index is 1.53. The summed E-state index contributed by atoms with van der Waals surface area (Å²) < 4.78 is 5.80. The molecule has 1 saturated heterocycles. The number of nitrogens with one attached hydrogen (secondary N) is 1. The molecule has 0 spiro atoms. The summed E-state index contributed by atoms with van der Waals surface area (Å²) in [7, 11) is 0. The van der Waals surface area contributed by atoms with Gasteiger partial charge in [-0.15, -0.1) is 0 Å². The lowest BCUT2D eigenvalue weighted by atomic mass is 10.2. The van der Waals surface area contributed by atoms with Crippen LogP contribution in [0.3, 0.4) is 0 Å². The summed E-state index contributed by atoms with van der Waals surface area (Å²) in [6.45, 7) is 0.00695. The summed E-state index contributed by atoms with van der Waals surface area (Å²) in [5.74, 6) is -0.521. The fourth-order valence-electron chi connectivity index (χ4n) is 3.09. The zero-order chi connectivity index (χ0) is 23.6. The third-order valence-corrected chi connectivity index (χ3v) is 5.61. The lowest BCUT2D eigenvalue weighted by Crippen LogP contribution is -2.39. The van der Waals surface area contributed by atoms with Crippen LogP contribution in [0.4, 0.5) is 4.79 Å². The van der Waals surface area contributed by atoms with Crippen molar-refractivity contribution in [1.29, 1.82) is 0 Å². The van der Waals surface area contributed by atoms with Gasteiger partial charge in [0.05, 0.1) is 4.91 Å². The van der Waals surface area contributed by atoms with Gasteiger partial charge in [-0.25, -0.2) is 0 Å². The quantitative estimate of drug-likeness (QED) is 0.374. The first-order valence-electron chi connectivity index (χ1n) is 10.5. The first kappa shape index (κ1) is 24.1. The molecule has 1 aliphatic rings. The van der Waals surface area contributed by atoms with Crippen LogP contribution in [0.25, 0.3) is 6.08 Å². The first-order chi connectivity index (χ1) is 15.9. The van der Waals surface area contributed by atoms with E-state index < -0.39 is 23.0 Å². The zero-order valence-electron chi connectivity index (χ0n) is 17.9. The molecule has 0 aliphatic carbocycles. The second-order valence-corrected chi connectivity index (χ2v) is 8.30. The Bertz CT molecular complexity index is 1050. The molecular weight excluding hydrogens is 444 g/mol. The van der Waals surface area contributed by atoms with E-state index in [2.05, 4.69) is 5.32 Å².